The Morgan fingerprint density at radius 1 is 1.50 bits per heavy atom. The van der Waals surface area contributed by atoms with Crippen LogP contribution in [-0.4, -0.2) is 28.3 Å². The minimum absolute atomic E-state index is 0.113. The molecule has 16 heavy (non-hydrogen) atoms. The van der Waals surface area contributed by atoms with Crippen LogP contribution in [0, 0.1) is 5.92 Å². The summed E-state index contributed by atoms with van der Waals surface area (Å²) < 4.78 is 0. The number of carbonyl (C=O) groups is 2. The van der Waals surface area contributed by atoms with E-state index < -0.39 is 11.8 Å². The van der Waals surface area contributed by atoms with Gasteiger partial charge in [-0.1, -0.05) is 0 Å². The van der Waals surface area contributed by atoms with E-state index in [0.29, 0.717) is 5.69 Å². The smallest absolute Gasteiger partial charge is 0.227 e. The van der Waals surface area contributed by atoms with Gasteiger partial charge in [-0.25, -0.2) is 9.97 Å². The molecular formula is C9H9ClN4O2. The SMILES string of the molecule is NC(=O)C1CC(=O)N(c2cnc(Cl)nc2)C1. The highest BCUT2D eigenvalue weighted by atomic mass is 35.5. The van der Waals surface area contributed by atoms with Gasteiger partial charge in [-0.05, 0) is 11.6 Å². The molecule has 2 N–H and O–H groups in total. The molecule has 0 radical (unpaired) electrons. The quantitative estimate of drug-likeness (QED) is 0.735. The molecule has 1 atom stereocenters. The summed E-state index contributed by atoms with van der Waals surface area (Å²) in [5.41, 5.74) is 5.68. The van der Waals surface area contributed by atoms with Crippen LogP contribution in [-0.2, 0) is 9.59 Å². The molecule has 1 aromatic rings. The van der Waals surface area contributed by atoms with Crippen LogP contribution in [0.2, 0.25) is 5.28 Å². The largest absolute Gasteiger partial charge is 0.369 e. The number of primary amides is 1. The van der Waals surface area contributed by atoms with Crippen LogP contribution >= 0.6 is 11.6 Å². The zero-order chi connectivity index (χ0) is 11.7. The van der Waals surface area contributed by atoms with E-state index >= 15 is 0 Å². The van der Waals surface area contributed by atoms with Gasteiger partial charge in [-0.3, -0.25) is 9.59 Å². The Hall–Kier alpha value is -1.69. The molecule has 0 aromatic carbocycles. The molecule has 84 valence electrons. The Morgan fingerprint density at radius 2 is 2.12 bits per heavy atom. The molecule has 1 saturated heterocycles. The van der Waals surface area contributed by atoms with Crippen molar-refractivity contribution < 1.29 is 9.59 Å². The van der Waals surface area contributed by atoms with Gasteiger partial charge in [-0.2, -0.15) is 0 Å². The monoisotopic (exact) mass is 240 g/mol. The first-order chi connectivity index (χ1) is 7.58. The molecule has 2 heterocycles. The van der Waals surface area contributed by atoms with Gasteiger partial charge in [0, 0.05) is 13.0 Å². The number of halogens is 1. The Kier molecular flexibility index (Phi) is 2.74. The number of rotatable bonds is 2. The molecule has 1 aromatic heterocycles. The number of nitrogens with zero attached hydrogens (tertiary/aromatic N) is 3. The Bertz CT molecular complexity index is 434. The van der Waals surface area contributed by atoms with Crippen molar-refractivity contribution in [2.75, 3.05) is 11.4 Å². The molecule has 1 unspecified atom stereocenters. The van der Waals surface area contributed by atoms with Crippen molar-refractivity contribution in [3.05, 3.63) is 17.7 Å². The summed E-state index contributed by atoms with van der Waals surface area (Å²) in [4.78, 5) is 31.6. The van der Waals surface area contributed by atoms with Crippen molar-refractivity contribution in [1.29, 1.82) is 0 Å². The third kappa shape index (κ3) is 1.96. The van der Waals surface area contributed by atoms with Crippen molar-refractivity contribution in [2.45, 2.75) is 6.42 Å². The first kappa shape index (κ1) is 10.8. The average molecular weight is 241 g/mol. The Balaban J connectivity index is 2.20. The van der Waals surface area contributed by atoms with Gasteiger partial charge in [0.05, 0.1) is 24.0 Å². The predicted octanol–water partition coefficient (Wildman–Crippen LogP) is -0.0318. The number of aromatic nitrogens is 2. The number of anilines is 1. The maximum atomic E-state index is 11.6. The lowest BCUT2D eigenvalue weighted by Crippen LogP contribution is -2.28. The summed E-state index contributed by atoms with van der Waals surface area (Å²) >= 11 is 5.53. The molecule has 0 saturated carbocycles. The van der Waals surface area contributed by atoms with Crippen molar-refractivity contribution in [3.63, 3.8) is 0 Å². The second-order valence-corrected chi connectivity index (χ2v) is 3.86. The second-order valence-electron chi connectivity index (χ2n) is 3.52. The molecule has 0 bridgehead atoms. The van der Waals surface area contributed by atoms with Gasteiger partial charge in [0.15, 0.2) is 0 Å². The predicted molar refractivity (Wildman–Crippen MR) is 56.7 cm³/mol. The highest BCUT2D eigenvalue weighted by Gasteiger charge is 2.34. The summed E-state index contributed by atoms with van der Waals surface area (Å²) in [6.45, 7) is 0.277. The van der Waals surface area contributed by atoms with Crippen molar-refractivity contribution in [1.82, 2.24) is 9.97 Å². The van der Waals surface area contributed by atoms with Gasteiger partial charge in [0.25, 0.3) is 0 Å². The minimum Gasteiger partial charge on any atom is -0.369 e. The van der Waals surface area contributed by atoms with Crippen LogP contribution in [0.15, 0.2) is 12.4 Å². The lowest BCUT2D eigenvalue weighted by Gasteiger charge is -2.14. The lowest BCUT2D eigenvalue weighted by atomic mass is 10.1. The van der Waals surface area contributed by atoms with Gasteiger partial charge in [0.2, 0.25) is 17.1 Å². The zero-order valence-corrected chi connectivity index (χ0v) is 9.02. The summed E-state index contributed by atoms with van der Waals surface area (Å²) in [7, 11) is 0. The van der Waals surface area contributed by atoms with Gasteiger partial charge in [0.1, 0.15) is 0 Å². The molecule has 2 amide bonds. The van der Waals surface area contributed by atoms with Gasteiger partial charge < -0.3 is 10.6 Å². The van der Waals surface area contributed by atoms with Gasteiger partial charge in [-0.15, -0.1) is 0 Å². The minimum atomic E-state index is -0.467. The third-order valence-electron chi connectivity index (χ3n) is 2.45. The highest BCUT2D eigenvalue weighted by Crippen LogP contribution is 2.23. The molecule has 7 heteroatoms. The van der Waals surface area contributed by atoms with Gasteiger partial charge >= 0.3 is 0 Å². The molecule has 0 aliphatic carbocycles. The van der Waals surface area contributed by atoms with E-state index in [1.807, 2.05) is 0 Å². The maximum absolute atomic E-state index is 11.6. The van der Waals surface area contributed by atoms with Crippen molar-refractivity contribution in [3.8, 4) is 0 Å². The van der Waals surface area contributed by atoms with Crippen LogP contribution in [0.4, 0.5) is 5.69 Å². The Morgan fingerprint density at radius 3 is 2.62 bits per heavy atom. The molecule has 0 spiro atoms. The summed E-state index contributed by atoms with van der Waals surface area (Å²) in [6, 6.07) is 0. The molecule has 1 aliphatic rings. The first-order valence-corrected chi connectivity index (χ1v) is 5.03. The van der Waals surface area contributed by atoms with E-state index in [1.54, 1.807) is 0 Å². The molecule has 1 fully saturated rings. The summed E-state index contributed by atoms with van der Waals surface area (Å²) in [5, 5.41) is 0.113. The van der Waals surface area contributed by atoms with E-state index in [9.17, 15) is 9.59 Å². The van der Waals surface area contributed by atoms with E-state index in [2.05, 4.69) is 9.97 Å². The molecule has 2 rings (SSSR count). The molecule has 1 aliphatic heterocycles. The van der Waals surface area contributed by atoms with Crippen molar-refractivity contribution >= 4 is 29.1 Å². The fraction of sp³-hybridized carbons (Fsp3) is 0.333. The average Bonchev–Trinajstić information content (AvgIpc) is 2.62. The van der Waals surface area contributed by atoms with E-state index in [1.165, 1.54) is 17.3 Å². The fourth-order valence-electron chi connectivity index (χ4n) is 1.59. The van der Waals surface area contributed by atoms with Crippen LogP contribution in [0.5, 0.6) is 0 Å². The third-order valence-corrected chi connectivity index (χ3v) is 2.64. The summed E-state index contributed by atoms with van der Waals surface area (Å²) in [5.74, 6) is -1.07. The fourth-order valence-corrected chi connectivity index (χ4v) is 1.69. The maximum Gasteiger partial charge on any atom is 0.227 e. The van der Waals surface area contributed by atoms with E-state index in [4.69, 9.17) is 17.3 Å². The van der Waals surface area contributed by atoms with Crippen molar-refractivity contribution in [2.24, 2.45) is 11.7 Å². The van der Waals surface area contributed by atoms with Crippen LogP contribution < -0.4 is 10.6 Å². The molecule has 6 nitrogen and oxygen atoms in total. The zero-order valence-electron chi connectivity index (χ0n) is 8.26. The number of nitrogens with two attached hydrogens (primary N) is 1. The number of amides is 2. The van der Waals surface area contributed by atoms with Crippen LogP contribution in [0.25, 0.3) is 0 Å². The standard InChI is InChI=1S/C9H9ClN4O2/c10-9-12-2-6(3-13-9)14-4-5(8(11)16)1-7(14)15/h2-3,5H,1,4H2,(H2,11,16). The number of hydrogen-bond acceptors (Lipinski definition) is 4. The molecular weight excluding hydrogens is 232 g/mol. The highest BCUT2D eigenvalue weighted by molar-refractivity contribution is 6.28. The van der Waals surface area contributed by atoms with Crippen LogP contribution in [0.1, 0.15) is 6.42 Å². The lowest BCUT2D eigenvalue weighted by molar-refractivity contribution is -0.123. The first-order valence-electron chi connectivity index (χ1n) is 4.65. The summed E-state index contributed by atoms with van der Waals surface area (Å²) in [6.07, 6.45) is 3.02. The normalized spacial score (nSPS) is 20.2. The number of hydrogen-bond donors (Lipinski definition) is 1. The van der Waals surface area contributed by atoms with Crippen LogP contribution in [0.3, 0.4) is 0 Å². The Labute approximate surface area is 96.4 Å². The van der Waals surface area contributed by atoms with E-state index in [-0.39, 0.29) is 24.2 Å². The number of carbonyl (C=O) groups excluding carboxylic acids is 2. The topological polar surface area (TPSA) is 89.2 Å². The second kappa shape index (κ2) is 4.05. The van der Waals surface area contributed by atoms with E-state index in [0.717, 1.165) is 0 Å².